The van der Waals surface area contributed by atoms with E-state index in [9.17, 15) is 10.2 Å². The monoisotopic (exact) mass is 288 g/mol. The van der Waals surface area contributed by atoms with Crippen LogP contribution in [0.1, 0.15) is 64.7 Å². The van der Waals surface area contributed by atoms with E-state index in [0.29, 0.717) is 19.6 Å². The molecule has 20 heavy (non-hydrogen) atoms. The summed E-state index contributed by atoms with van der Waals surface area (Å²) in [5.41, 5.74) is 0. The second kappa shape index (κ2) is 11.5. The first kappa shape index (κ1) is 17.9. The van der Waals surface area contributed by atoms with Crippen LogP contribution in [0.25, 0.3) is 0 Å². The standard InChI is InChI=1S/C16H32O4/c1-2-3-4-5-6-7-8-9-11-19-15(13-17)16-14(18)10-12-20-16/h14-18H,2-13H2,1H3/t14-,15?,16+/m1/s1. The molecule has 0 saturated carbocycles. The van der Waals surface area contributed by atoms with Crippen LogP contribution in [0.5, 0.6) is 0 Å². The molecule has 1 aliphatic heterocycles. The van der Waals surface area contributed by atoms with Crippen LogP contribution in [0.15, 0.2) is 0 Å². The molecule has 0 bridgehead atoms. The minimum absolute atomic E-state index is 0.0846. The van der Waals surface area contributed by atoms with Crippen molar-refractivity contribution in [2.24, 2.45) is 0 Å². The van der Waals surface area contributed by atoms with Gasteiger partial charge in [-0.2, -0.15) is 0 Å². The molecule has 1 rings (SSSR count). The summed E-state index contributed by atoms with van der Waals surface area (Å²) in [4.78, 5) is 0. The third-order valence-corrected chi connectivity index (χ3v) is 3.98. The molecular weight excluding hydrogens is 256 g/mol. The average molecular weight is 288 g/mol. The molecule has 1 heterocycles. The van der Waals surface area contributed by atoms with E-state index in [0.717, 1.165) is 6.42 Å². The van der Waals surface area contributed by atoms with E-state index in [4.69, 9.17) is 9.47 Å². The van der Waals surface area contributed by atoms with Gasteiger partial charge in [-0.1, -0.05) is 51.9 Å². The number of unbranched alkanes of at least 4 members (excludes halogenated alkanes) is 7. The van der Waals surface area contributed by atoms with Crippen molar-refractivity contribution in [3.63, 3.8) is 0 Å². The maximum Gasteiger partial charge on any atom is 0.112 e. The van der Waals surface area contributed by atoms with E-state index in [1.807, 2.05) is 0 Å². The highest BCUT2D eigenvalue weighted by Gasteiger charge is 2.33. The molecule has 2 N–H and O–H groups in total. The highest BCUT2D eigenvalue weighted by Crippen LogP contribution is 2.19. The molecular formula is C16H32O4. The lowest BCUT2D eigenvalue weighted by Gasteiger charge is -2.23. The summed E-state index contributed by atoms with van der Waals surface area (Å²) in [6.45, 7) is 3.36. The zero-order chi connectivity index (χ0) is 14.6. The lowest BCUT2D eigenvalue weighted by atomic mass is 10.1. The van der Waals surface area contributed by atoms with Crippen molar-refractivity contribution in [1.29, 1.82) is 0 Å². The predicted molar refractivity (Wildman–Crippen MR) is 79.8 cm³/mol. The van der Waals surface area contributed by atoms with Gasteiger partial charge in [0.2, 0.25) is 0 Å². The number of rotatable bonds is 12. The minimum atomic E-state index is -0.495. The molecule has 0 aromatic rings. The fourth-order valence-electron chi connectivity index (χ4n) is 2.68. The molecule has 1 saturated heterocycles. The normalized spacial score (nSPS) is 24.1. The van der Waals surface area contributed by atoms with E-state index in [-0.39, 0.29) is 18.8 Å². The van der Waals surface area contributed by atoms with Crippen LogP contribution >= 0.6 is 0 Å². The first-order chi connectivity index (χ1) is 9.79. The number of hydrogen-bond donors (Lipinski definition) is 2. The Morgan fingerprint density at radius 1 is 1.10 bits per heavy atom. The molecule has 120 valence electrons. The van der Waals surface area contributed by atoms with Crippen LogP contribution < -0.4 is 0 Å². The van der Waals surface area contributed by atoms with Gasteiger partial charge in [0.25, 0.3) is 0 Å². The van der Waals surface area contributed by atoms with Gasteiger partial charge in [-0.3, -0.25) is 0 Å². The minimum Gasteiger partial charge on any atom is -0.394 e. The molecule has 0 spiro atoms. The van der Waals surface area contributed by atoms with Crippen molar-refractivity contribution in [1.82, 2.24) is 0 Å². The van der Waals surface area contributed by atoms with Crippen LogP contribution in [0.2, 0.25) is 0 Å². The van der Waals surface area contributed by atoms with Crippen molar-refractivity contribution in [3.05, 3.63) is 0 Å². The van der Waals surface area contributed by atoms with Crippen molar-refractivity contribution < 1.29 is 19.7 Å². The third kappa shape index (κ3) is 7.02. The molecule has 4 heteroatoms. The maximum atomic E-state index is 9.72. The maximum absolute atomic E-state index is 9.72. The molecule has 0 amide bonds. The zero-order valence-electron chi connectivity index (χ0n) is 12.9. The Morgan fingerprint density at radius 3 is 2.30 bits per heavy atom. The first-order valence-electron chi connectivity index (χ1n) is 8.31. The summed E-state index contributed by atoms with van der Waals surface area (Å²) in [6.07, 6.45) is 9.54. The highest BCUT2D eigenvalue weighted by atomic mass is 16.6. The molecule has 0 radical (unpaired) electrons. The smallest absolute Gasteiger partial charge is 0.112 e. The van der Waals surface area contributed by atoms with Gasteiger partial charge in [-0.25, -0.2) is 0 Å². The molecule has 0 aliphatic carbocycles. The molecule has 4 nitrogen and oxygen atoms in total. The number of aliphatic hydroxyl groups excluding tert-OH is 2. The van der Waals surface area contributed by atoms with Crippen molar-refractivity contribution in [3.8, 4) is 0 Å². The zero-order valence-corrected chi connectivity index (χ0v) is 12.9. The van der Waals surface area contributed by atoms with Gasteiger partial charge < -0.3 is 19.7 Å². The SMILES string of the molecule is CCCCCCCCCCOC(CO)[C@H]1OCC[C@H]1O. The number of hydrogen-bond acceptors (Lipinski definition) is 4. The van der Waals surface area contributed by atoms with Crippen molar-refractivity contribution in [2.45, 2.75) is 83.0 Å². The summed E-state index contributed by atoms with van der Waals surface area (Å²) < 4.78 is 11.1. The molecule has 1 aliphatic rings. The highest BCUT2D eigenvalue weighted by molar-refractivity contribution is 4.82. The number of ether oxygens (including phenoxy) is 2. The van der Waals surface area contributed by atoms with Gasteiger partial charge in [0.15, 0.2) is 0 Å². The summed E-state index contributed by atoms with van der Waals surface area (Å²) in [5.74, 6) is 0. The summed E-state index contributed by atoms with van der Waals surface area (Å²) in [6, 6.07) is 0. The summed E-state index contributed by atoms with van der Waals surface area (Å²) in [5, 5.41) is 19.0. The second-order valence-corrected chi connectivity index (χ2v) is 5.76. The van der Waals surface area contributed by atoms with E-state index < -0.39 is 6.10 Å². The largest absolute Gasteiger partial charge is 0.394 e. The van der Waals surface area contributed by atoms with Gasteiger partial charge in [0.05, 0.1) is 12.7 Å². The quantitative estimate of drug-likeness (QED) is 0.542. The van der Waals surface area contributed by atoms with Crippen LogP contribution in [-0.2, 0) is 9.47 Å². The lowest BCUT2D eigenvalue weighted by molar-refractivity contribution is -0.0985. The summed E-state index contributed by atoms with van der Waals surface area (Å²) in [7, 11) is 0. The predicted octanol–water partition coefficient (Wildman–Crippen LogP) is 2.65. The molecule has 0 aromatic heterocycles. The Morgan fingerprint density at radius 2 is 1.75 bits per heavy atom. The average Bonchev–Trinajstić information content (AvgIpc) is 2.87. The lowest BCUT2D eigenvalue weighted by Crippen LogP contribution is -2.39. The van der Waals surface area contributed by atoms with E-state index in [2.05, 4.69) is 6.92 Å². The van der Waals surface area contributed by atoms with Crippen molar-refractivity contribution >= 4 is 0 Å². The van der Waals surface area contributed by atoms with Crippen LogP contribution in [-0.4, -0.2) is 48.3 Å². The Kier molecular flexibility index (Phi) is 10.3. The van der Waals surface area contributed by atoms with E-state index in [1.54, 1.807) is 0 Å². The van der Waals surface area contributed by atoms with Crippen LogP contribution in [0.4, 0.5) is 0 Å². The van der Waals surface area contributed by atoms with E-state index >= 15 is 0 Å². The van der Waals surface area contributed by atoms with Gasteiger partial charge in [-0.05, 0) is 12.8 Å². The van der Waals surface area contributed by atoms with Gasteiger partial charge in [0.1, 0.15) is 12.2 Å². The molecule has 0 aromatic carbocycles. The van der Waals surface area contributed by atoms with Crippen LogP contribution in [0.3, 0.4) is 0 Å². The van der Waals surface area contributed by atoms with E-state index in [1.165, 1.54) is 44.9 Å². The number of aliphatic hydroxyl groups is 2. The molecule has 1 fully saturated rings. The van der Waals surface area contributed by atoms with Gasteiger partial charge in [0, 0.05) is 13.2 Å². The Balaban J connectivity index is 1.96. The third-order valence-electron chi connectivity index (χ3n) is 3.98. The van der Waals surface area contributed by atoms with Gasteiger partial charge >= 0.3 is 0 Å². The second-order valence-electron chi connectivity index (χ2n) is 5.76. The van der Waals surface area contributed by atoms with Gasteiger partial charge in [-0.15, -0.1) is 0 Å². The Bertz CT molecular complexity index is 223. The fourth-order valence-corrected chi connectivity index (χ4v) is 2.68. The van der Waals surface area contributed by atoms with Crippen LogP contribution in [0, 0.1) is 0 Å². The van der Waals surface area contributed by atoms with Crippen molar-refractivity contribution in [2.75, 3.05) is 19.8 Å². The fraction of sp³-hybridized carbons (Fsp3) is 1.00. The Hall–Kier alpha value is -0.160. The molecule has 3 atom stereocenters. The first-order valence-corrected chi connectivity index (χ1v) is 8.31. The Labute approximate surface area is 123 Å². The summed E-state index contributed by atoms with van der Waals surface area (Å²) >= 11 is 0. The molecule has 1 unspecified atom stereocenters. The topological polar surface area (TPSA) is 58.9 Å².